The fourth-order valence-corrected chi connectivity index (χ4v) is 7.60. The molecule has 2 aromatic carbocycles. The quantitative estimate of drug-likeness (QED) is 0.479. The number of nitrogens with one attached hydrogen (secondary N) is 1. The van der Waals surface area contributed by atoms with Gasteiger partial charge >= 0.3 is 0 Å². The Labute approximate surface area is 192 Å². The van der Waals surface area contributed by atoms with Gasteiger partial charge in [0.15, 0.2) is 5.13 Å². The van der Waals surface area contributed by atoms with Crippen molar-refractivity contribution >= 4 is 28.2 Å². The van der Waals surface area contributed by atoms with Crippen molar-refractivity contribution in [1.82, 2.24) is 4.98 Å². The van der Waals surface area contributed by atoms with E-state index in [4.69, 9.17) is 4.98 Å². The number of anilines is 1. The molecule has 4 bridgehead atoms. The molecule has 1 N–H and O–H groups in total. The summed E-state index contributed by atoms with van der Waals surface area (Å²) in [7, 11) is 0. The summed E-state index contributed by atoms with van der Waals surface area (Å²) in [6.07, 6.45) is 6.94. The molecule has 4 aliphatic rings. The first kappa shape index (κ1) is 19.9. The molecule has 1 amide bonds. The van der Waals surface area contributed by atoms with Gasteiger partial charge in [-0.15, -0.1) is 0 Å². The molecule has 0 unspecified atom stereocenters. The van der Waals surface area contributed by atoms with E-state index in [1.165, 1.54) is 30.6 Å². The second-order valence-electron chi connectivity index (χ2n) is 9.91. The highest BCUT2D eigenvalue weighted by atomic mass is 32.1. The van der Waals surface area contributed by atoms with Crippen molar-refractivity contribution in [3.8, 4) is 11.3 Å². The minimum Gasteiger partial charge on any atom is -0.301 e. The number of thiazole rings is 1. The van der Waals surface area contributed by atoms with Crippen LogP contribution in [0.3, 0.4) is 0 Å². The Balaban J connectivity index is 1.33. The minimum absolute atomic E-state index is 0.0581. The van der Waals surface area contributed by atoms with E-state index in [9.17, 15) is 9.59 Å². The summed E-state index contributed by atoms with van der Waals surface area (Å²) in [5.74, 6) is 2.18. The van der Waals surface area contributed by atoms with Crippen molar-refractivity contribution in [1.29, 1.82) is 0 Å². The summed E-state index contributed by atoms with van der Waals surface area (Å²) in [6.45, 7) is 0. The number of hydrogen-bond acceptors (Lipinski definition) is 4. The largest absolute Gasteiger partial charge is 0.301 e. The Hall–Kier alpha value is -2.79. The molecule has 7 rings (SSSR count). The average Bonchev–Trinajstić information content (AvgIpc) is 3.22. The molecule has 4 fully saturated rings. The first-order valence-corrected chi connectivity index (χ1v) is 12.4. The number of nitrogens with zero attached hydrogens (tertiary/aromatic N) is 1. The van der Waals surface area contributed by atoms with E-state index in [1.54, 1.807) is 0 Å². The van der Waals surface area contributed by atoms with Gasteiger partial charge in [-0.05, 0) is 56.3 Å². The Bertz CT molecular complexity index is 1130. The normalized spacial score (nSPS) is 27.9. The molecule has 0 atom stereocenters. The Morgan fingerprint density at radius 2 is 1.41 bits per heavy atom. The summed E-state index contributed by atoms with van der Waals surface area (Å²) in [4.78, 5) is 32.2. The number of ketones is 1. The number of rotatable bonds is 5. The average molecular weight is 443 g/mol. The van der Waals surface area contributed by atoms with Crippen LogP contribution in [0.1, 0.15) is 53.8 Å². The topological polar surface area (TPSA) is 59.1 Å². The second kappa shape index (κ2) is 7.66. The minimum atomic E-state index is -0.239. The lowest BCUT2D eigenvalue weighted by molar-refractivity contribution is -0.140. The zero-order chi connectivity index (χ0) is 21.7. The standard InChI is InChI=1S/C27H26N2O2S/c30-23(21-9-5-2-6-10-21)24-22(20-7-3-1-4-8-20)28-26(32-24)29-25(31)27-14-17-11-18(15-27)13-19(12-17)16-27/h1-10,17-19H,11-16H2,(H,28,29,31). The summed E-state index contributed by atoms with van der Waals surface area (Å²) >= 11 is 1.30. The van der Waals surface area contributed by atoms with Gasteiger partial charge in [-0.1, -0.05) is 72.0 Å². The number of amides is 1. The van der Waals surface area contributed by atoms with Crippen LogP contribution in [0.15, 0.2) is 60.7 Å². The van der Waals surface area contributed by atoms with Crippen LogP contribution in [-0.2, 0) is 4.79 Å². The van der Waals surface area contributed by atoms with Gasteiger partial charge in [0, 0.05) is 11.1 Å². The third-order valence-corrected chi connectivity index (χ3v) is 8.63. The van der Waals surface area contributed by atoms with Crippen LogP contribution >= 0.6 is 11.3 Å². The van der Waals surface area contributed by atoms with Gasteiger partial charge in [-0.3, -0.25) is 9.59 Å². The van der Waals surface area contributed by atoms with E-state index in [0.717, 1.165) is 24.8 Å². The first-order chi connectivity index (χ1) is 15.6. The predicted octanol–water partition coefficient (Wildman–Crippen LogP) is 6.20. The van der Waals surface area contributed by atoms with Crippen molar-refractivity contribution in [3.05, 3.63) is 71.1 Å². The third-order valence-electron chi connectivity index (χ3n) is 7.66. The number of hydrogen-bond donors (Lipinski definition) is 1. The van der Waals surface area contributed by atoms with Gasteiger partial charge in [0.2, 0.25) is 11.7 Å². The lowest BCUT2D eigenvalue weighted by Crippen LogP contribution is -2.51. The van der Waals surface area contributed by atoms with Crippen LogP contribution in [0.4, 0.5) is 5.13 Å². The molecular weight excluding hydrogens is 416 g/mol. The van der Waals surface area contributed by atoms with Crippen molar-refractivity contribution in [3.63, 3.8) is 0 Å². The van der Waals surface area contributed by atoms with E-state index >= 15 is 0 Å². The number of benzene rings is 2. The van der Waals surface area contributed by atoms with E-state index < -0.39 is 0 Å². The van der Waals surface area contributed by atoms with E-state index in [0.29, 0.717) is 39.0 Å². The van der Waals surface area contributed by atoms with Crippen LogP contribution in [0, 0.1) is 23.2 Å². The zero-order valence-electron chi connectivity index (χ0n) is 17.9. The molecule has 0 aliphatic heterocycles. The van der Waals surface area contributed by atoms with Gasteiger partial charge in [-0.25, -0.2) is 4.98 Å². The molecule has 4 aliphatic carbocycles. The van der Waals surface area contributed by atoms with Crippen molar-refractivity contribution < 1.29 is 9.59 Å². The maximum absolute atomic E-state index is 13.5. The monoisotopic (exact) mass is 442 g/mol. The highest BCUT2D eigenvalue weighted by Gasteiger charge is 2.54. The van der Waals surface area contributed by atoms with Crippen molar-refractivity contribution in [2.45, 2.75) is 38.5 Å². The molecular formula is C27H26N2O2S. The van der Waals surface area contributed by atoms with E-state index in [-0.39, 0.29) is 17.1 Å². The van der Waals surface area contributed by atoms with Gasteiger partial charge in [0.05, 0.1) is 11.1 Å². The molecule has 0 spiro atoms. The SMILES string of the molecule is O=C(c1ccccc1)c1sc(NC(=O)C23CC4CC(CC(C4)C2)C3)nc1-c1ccccc1. The van der Waals surface area contributed by atoms with Crippen molar-refractivity contribution in [2.75, 3.05) is 5.32 Å². The molecule has 0 saturated heterocycles. The van der Waals surface area contributed by atoms with E-state index in [1.807, 2.05) is 60.7 Å². The number of carbonyl (C=O) groups excluding carboxylic acids is 2. The fraction of sp³-hybridized carbons (Fsp3) is 0.370. The molecule has 3 aromatic rings. The Morgan fingerprint density at radius 1 is 0.844 bits per heavy atom. The van der Waals surface area contributed by atoms with Crippen LogP contribution in [0.2, 0.25) is 0 Å². The summed E-state index contributed by atoms with van der Waals surface area (Å²) in [5, 5.41) is 3.68. The van der Waals surface area contributed by atoms with Crippen LogP contribution in [-0.4, -0.2) is 16.7 Å². The van der Waals surface area contributed by atoms with E-state index in [2.05, 4.69) is 5.32 Å². The van der Waals surface area contributed by atoms with Crippen LogP contribution < -0.4 is 5.32 Å². The van der Waals surface area contributed by atoms with Crippen LogP contribution in [0.5, 0.6) is 0 Å². The molecule has 162 valence electrons. The molecule has 4 saturated carbocycles. The third kappa shape index (κ3) is 3.39. The maximum atomic E-state index is 13.5. The number of aromatic nitrogens is 1. The zero-order valence-corrected chi connectivity index (χ0v) is 18.7. The van der Waals surface area contributed by atoms with Gasteiger partial charge in [-0.2, -0.15) is 0 Å². The van der Waals surface area contributed by atoms with Gasteiger partial charge in [0.25, 0.3) is 0 Å². The molecule has 32 heavy (non-hydrogen) atoms. The molecule has 1 heterocycles. The lowest BCUT2D eigenvalue weighted by atomic mass is 9.49. The molecule has 0 radical (unpaired) electrons. The smallest absolute Gasteiger partial charge is 0.232 e. The first-order valence-electron chi connectivity index (χ1n) is 11.6. The van der Waals surface area contributed by atoms with Gasteiger partial charge < -0.3 is 5.32 Å². The van der Waals surface area contributed by atoms with Crippen molar-refractivity contribution in [2.24, 2.45) is 23.2 Å². The predicted molar refractivity (Wildman–Crippen MR) is 127 cm³/mol. The maximum Gasteiger partial charge on any atom is 0.232 e. The van der Waals surface area contributed by atoms with Gasteiger partial charge in [0.1, 0.15) is 4.88 Å². The fourth-order valence-electron chi connectivity index (χ4n) is 6.66. The highest BCUT2D eigenvalue weighted by Crippen LogP contribution is 2.60. The summed E-state index contributed by atoms with van der Waals surface area (Å²) < 4.78 is 0. The molecule has 5 heteroatoms. The summed E-state index contributed by atoms with van der Waals surface area (Å²) in [6, 6.07) is 19.0. The molecule has 1 aromatic heterocycles. The Kier molecular flexibility index (Phi) is 4.76. The van der Waals surface area contributed by atoms with Crippen LogP contribution in [0.25, 0.3) is 11.3 Å². The highest BCUT2D eigenvalue weighted by molar-refractivity contribution is 7.18. The second-order valence-corrected chi connectivity index (χ2v) is 10.9. The lowest BCUT2D eigenvalue weighted by Gasteiger charge is -2.55. The number of carbonyl (C=O) groups is 2. The Morgan fingerprint density at radius 3 is 2.00 bits per heavy atom. The summed E-state index contributed by atoms with van der Waals surface area (Å²) in [5.41, 5.74) is 1.92. The molecule has 4 nitrogen and oxygen atoms in total.